The summed E-state index contributed by atoms with van der Waals surface area (Å²) < 4.78 is 7.16. The number of halogens is 1. The lowest BCUT2D eigenvalue weighted by Gasteiger charge is -2.32. The highest BCUT2D eigenvalue weighted by Gasteiger charge is 2.33. The Morgan fingerprint density at radius 3 is 2.63 bits per heavy atom. The SMILES string of the molecule is CCOc1nc(-c2cnc(N)nc2NC(C)(CC)c2nc3cccc(Cl)c3c(=O)n2-c2ccccc2)cs1. The summed E-state index contributed by atoms with van der Waals surface area (Å²) in [6.45, 7) is 6.40. The number of nitrogens with two attached hydrogens (primary N) is 1. The number of benzene rings is 2. The van der Waals surface area contributed by atoms with Crippen molar-refractivity contribution in [1.82, 2.24) is 24.5 Å². The minimum Gasteiger partial charge on any atom is -0.470 e. The first-order valence-corrected chi connectivity index (χ1v) is 13.4. The van der Waals surface area contributed by atoms with Gasteiger partial charge in [0, 0.05) is 11.6 Å². The maximum Gasteiger partial charge on any atom is 0.273 e. The van der Waals surface area contributed by atoms with Crippen molar-refractivity contribution in [2.45, 2.75) is 32.7 Å². The van der Waals surface area contributed by atoms with Crippen LogP contribution in [0, 0.1) is 0 Å². The van der Waals surface area contributed by atoms with Crippen molar-refractivity contribution in [1.29, 1.82) is 0 Å². The van der Waals surface area contributed by atoms with E-state index >= 15 is 0 Å². The van der Waals surface area contributed by atoms with Crippen molar-refractivity contribution in [3.63, 3.8) is 0 Å². The van der Waals surface area contributed by atoms with Gasteiger partial charge in [0.05, 0.1) is 45.0 Å². The lowest BCUT2D eigenvalue weighted by Crippen LogP contribution is -2.39. The molecule has 194 valence electrons. The fourth-order valence-electron chi connectivity index (χ4n) is 4.19. The number of rotatable bonds is 8. The molecule has 0 aliphatic carbocycles. The first-order chi connectivity index (χ1) is 18.3. The molecule has 5 rings (SSSR count). The van der Waals surface area contributed by atoms with Gasteiger partial charge < -0.3 is 15.8 Å². The zero-order valence-corrected chi connectivity index (χ0v) is 22.7. The van der Waals surface area contributed by atoms with Gasteiger partial charge in [-0.1, -0.05) is 54.1 Å². The van der Waals surface area contributed by atoms with Crippen molar-refractivity contribution in [3.05, 3.63) is 81.3 Å². The van der Waals surface area contributed by atoms with Gasteiger partial charge in [0.2, 0.25) is 5.95 Å². The number of hydrogen-bond donors (Lipinski definition) is 2. The van der Waals surface area contributed by atoms with Gasteiger partial charge in [-0.15, -0.1) is 0 Å². The molecule has 1 atom stereocenters. The summed E-state index contributed by atoms with van der Waals surface area (Å²) in [5, 5.41) is 6.66. The molecule has 0 saturated heterocycles. The zero-order valence-electron chi connectivity index (χ0n) is 21.1. The van der Waals surface area contributed by atoms with E-state index < -0.39 is 5.54 Å². The van der Waals surface area contributed by atoms with Crippen LogP contribution in [0.4, 0.5) is 11.8 Å². The molecule has 0 fully saturated rings. The maximum absolute atomic E-state index is 13.9. The average Bonchev–Trinajstić information content (AvgIpc) is 3.37. The van der Waals surface area contributed by atoms with Gasteiger partial charge >= 0.3 is 0 Å². The Hall–Kier alpha value is -4.02. The van der Waals surface area contributed by atoms with Crippen LogP contribution in [0.1, 0.15) is 33.0 Å². The van der Waals surface area contributed by atoms with E-state index in [4.69, 9.17) is 27.1 Å². The number of aromatic nitrogens is 5. The van der Waals surface area contributed by atoms with E-state index in [9.17, 15) is 4.79 Å². The van der Waals surface area contributed by atoms with Crippen LogP contribution in [-0.2, 0) is 5.54 Å². The second kappa shape index (κ2) is 10.4. The third-order valence-corrected chi connectivity index (χ3v) is 7.36. The van der Waals surface area contributed by atoms with E-state index in [0.29, 0.717) is 62.7 Å². The normalized spacial score (nSPS) is 12.8. The molecule has 5 aromatic rings. The summed E-state index contributed by atoms with van der Waals surface area (Å²) in [5.74, 6) is 1.08. The fraction of sp³-hybridized carbons (Fsp3) is 0.222. The molecule has 2 aromatic carbocycles. The number of thiazole rings is 1. The highest BCUT2D eigenvalue weighted by Crippen LogP contribution is 2.36. The summed E-state index contributed by atoms with van der Waals surface area (Å²) in [5.41, 5.74) is 7.37. The van der Waals surface area contributed by atoms with Gasteiger partial charge in [-0.2, -0.15) is 4.98 Å². The summed E-state index contributed by atoms with van der Waals surface area (Å²) in [7, 11) is 0. The topological polar surface area (TPSA) is 121 Å². The largest absolute Gasteiger partial charge is 0.470 e. The van der Waals surface area contributed by atoms with E-state index in [0.717, 1.165) is 0 Å². The molecule has 38 heavy (non-hydrogen) atoms. The van der Waals surface area contributed by atoms with Crippen molar-refractivity contribution in [2.24, 2.45) is 0 Å². The lowest BCUT2D eigenvalue weighted by atomic mass is 9.96. The van der Waals surface area contributed by atoms with Crippen molar-refractivity contribution in [2.75, 3.05) is 17.7 Å². The molecule has 3 aromatic heterocycles. The van der Waals surface area contributed by atoms with Crippen molar-refractivity contribution in [3.8, 4) is 22.1 Å². The predicted octanol–water partition coefficient (Wildman–Crippen LogP) is 5.67. The molecular formula is C27H26ClN7O2S. The smallest absolute Gasteiger partial charge is 0.273 e. The highest BCUT2D eigenvalue weighted by molar-refractivity contribution is 7.11. The average molecular weight is 548 g/mol. The van der Waals surface area contributed by atoms with Crippen LogP contribution in [-0.4, -0.2) is 31.1 Å². The van der Waals surface area contributed by atoms with Gasteiger partial charge in [-0.3, -0.25) is 9.36 Å². The Balaban J connectivity index is 1.71. The number of anilines is 2. The standard InChI is InChI=1S/C27H26ClN7O2S/c1-4-27(3,34-22-17(14-30-25(29)33-22)20-15-38-26(32-20)37-5-2)24-31-19-13-9-12-18(28)21(19)23(36)35(24)16-10-7-6-8-11-16/h6-15H,4-5H2,1-3H3,(H3,29,30,33,34). The summed E-state index contributed by atoms with van der Waals surface area (Å²) in [6, 6.07) is 14.6. The fourth-order valence-corrected chi connectivity index (χ4v) is 5.17. The second-order valence-electron chi connectivity index (χ2n) is 8.78. The first-order valence-electron chi connectivity index (χ1n) is 12.1. The van der Waals surface area contributed by atoms with Crippen molar-refractivity contribution < 1.29 is 4.74 Å². The van der Waals surface area contributed by atoms with E-state index in [1.54, 1.807) is 29.0 Å². The van der Waals surface area contributed by atoms with Gasteiger partial charge in [0.15, 0.2) is 0 Å². The third kappa shape index (κ3) is 4.68. The van der Waals surface area contributed by atoms with Gasteiger partial charge in [0.1, 0.15) is 11.6 Å². The zero-order chi connectivity index (χ0) is 26.9. The molecular weight excluding hydrogens is 522 g/mol. The number of nitrogens with zero attached hydrogens (tertiary/aromatic N) is 5. The number of hydrogen-bond acceptors (Lipinski definition) is 9. The number of ether oxygens (including phenoxy) is 1. The summed E-state index contributed by atoms with van der Waals surface area (Å²) >= 11 is 7.85. The minimum absolute atomic E-state index is 0.105. The monoisotopic (exact) mass is 547 g/mol. The van der Waals surface area contributed by atoms with Crippen LogP contribution in [0.3, 0.4) is 0 Å². The molecule has 0 aliphatic heterocycles. The third-order valence-electron chi connectivity index (χ3n) is 6.29. The molecule has 11 heteroatoms. The van der Waals surface area contributed by atoms with Gasteiger partial charge in [0.25, 0.3) is 10.8 Å². The summed E-state index contributed by atoms with van der Waals surface area (Å²) in [6.07, 6.45) is 2.19. The molecule has 0 radical (unpaired) electrons. The minimum atomic E-state index is -0.861. The number of nitrogen functional groups attached to an aromatic ring is 1. The molecule has 9 nitrogen and oxygen atoms in total. The number of para-hydroxylation sites is 1. The molecule has 0 spiro atoms. The Morgan fingerprint density at radius 2 is 1.89 bits per heavy atom. The molecule has 0 bridgehead atoms. The van der Waals surface area contributed by atoms with Crippen LogP contribution in [0.25, 0.3) is 27.8 Å². The Labute approximate surface area is 228 Å². The highest BCUT2D eigenvalue weighted by atomic mass is 35.5. The van der Waals surface area contributed by atoms with Crippen LogP contribution < -0.4 is 21.3 Å². The van der Waals surface area contributed by atoms with Crippen LogP contribution in [0.5, 0.6) is 5.19 Å². The first kappa shape index (κ1) is 25.6. The van der Waals surface area contributed by atoms with E-state index in [-0.39, 0.29) is 11.5 Å². The summed E-state index contributed by atoms with van der Waals surface area (Å²) in [4.78, 5) is 32.2. The molecule has 1 unspecified atom stereocenters. The van der Waals surface area contributed by atoms with Gasteiger partial charge in [-0.05, 0) is 44.5 Å². The molecule has 0 amide bonds. The molecule has 0 saturated carbocycles. The van der Waals surface area contributed by atoms with Crippen LogP contribution in [0.15, 0.2) is 64.9 Å². The lowest BCUT2D eigenvalue weighted by molar-refractivity contribution is 0.338. The van der Waals surface area contributed by atoms with E-state index in [2.05, 4.69) is 20.3 Å². The Kier molecular flexibility index (Phi) is 7.00. The second-order valence-corrected chi connectivity index (χ2v) is 10.0. The Morgan fingerprint density at radius 1 is 1.11 bits per heavy atom. The van der Waals surface area contributed by atoms with Gasteiger partial charge in [-0.25, -0.2) is 15.0 Å². The number of fused-ring (bicyclic) bond motifs is 1. The van der Waals surface area contributed by atoms with E-state index in [1.807, 2.05) is 56.5 Å². The quantitative estimate of drug-likeness (QED) is 0.255. The Bertz CT molecular complexity index is 1670. The van der Waals surface area contributed by atoms with Crippen LogP contribution in [0.2, 0.25) is 5.02 Å². The van der Waals surface area contributed by atoms with Crippen molar-refractivity contribution >= 4 is 45.6 Å². The maximum atomic E-state index is 13.9. The van der Waals surface area contributed by atoms with Crippen LogP contribution >= 0.6 is 22.9 Å². The van der Waals surface area contributed by atoms with E-state index in [1.165, 1.54) is 11.3 Å². The molecule has 3 heterocycles. The predicted molar refractivity (Wildman–Crippen MR) is 152 cm³/mol. The molecule has 0 aliphatic rings. The molecule has 3 N–H and O–H groups in total. The number of nitrogens with one attached hydrogen (secondary N) is 1.